The van der Waals surface area contributed by atoms with Crippen LogP contribution in [0.1, 0.15) is 47.2 Å². The lowest BCUT2D eigenvalue weighted by Gasteiger charge is -2.26. The number of Topliss-reactive ketones (excluding diaryl/α,β-unsaturated/α-hetero) is 1. The van der Waals surface area contributed by atoms with E-state index in [0.717, 1.165) is 17.7 Å². The van der Waals surface area contributed by atoms with Gasteiger partial charge >= 0.3 is 0 Å². The van der Waals surface area contributed by atoms with Gasteiger partial charge in [-0.1, -0.05) is 30.2 Å². The van der Waals surface area contributed by atoms with Gasteiger partial charge in [0.15, 0.2) is 5.78 Å². The van der Waals surface area contributed by atoms with Crippen LogP contribution in [-0.4, -0.2) is 30.3 Å². The number of hydrogen-bond donors (Lipinski definition) is 0. The smallest absolute Gasteiger partial charge is 0.164 e. The van der Waals surface area contributed by atoms with E-state index in [9.17, 15) is 4.79 Å². The SMILES string of the molecule is Cc1ccc(C(=O)CCN2CCCCC2)c(C)c1. The monoisotopic (exact) mass is 245 g/mol. The second-order valence-electron chi connectivity index (χ2n) is 5.39. The minimum Gasteiger partial charge on any atom is -0.303 e. The summed E-state index contributed by atoms with van der Waals surface area (Å²) in [5, 5.41) is 0. The Labute approximate surface area is 110 Å². The molecule has 2 rings (SSSR count). The maximum absolute atomic E-state index is 12.2. The highest BCUT2D eigenvalue weighted by Crippen LogP contribution is 2.14. The van der Waals surface area contributed by atoms with Gasteiger partial charge in [0.2, 0.25) is 0 Å². The van der Waals surface area contributed by atoms with Gasteiger partial charge < -0.3 is 4.90 Å². The van der Waals surface area contributed by atoms with Gasteiger partial charge in [0.1, 0.15) is 0 Å². The lowest BCUT2D eigenvalue weighted by Crippen LogP contribution is -2.31. The van der Waals surface area contributed by atoms with Gasteiger partial charge in [-0.05, 0) is 45.3 Å². The van der Waals surface area contributed by atoms with Crippen LogP contribution < -0.4 is 0 Å². The summed E-state index contributed by atoms with van der Waals surface area (Å²) >= 11 is 0. The highest BCUT2D eigenvalue weighted by molar-refractivity contribution is 5.97. The van der Waals surface area contributed by atoms with Crippen molar-refractivity contribution in [2.75, 3.05) is 19.6 Å². The van der Waals surface area contributed by atoms with Crippen molar-refractivity contribution in [3.8, 4) is 0 Å². The lowest BCUT2D eigenvalue weighted by molar-refractivity contribution is 0.0958. The molecule has 0 atom stereocenters. The van der Waals surface area contributed by atoms with E-state index in [-0.39, 0.29) is 5.78 Å². The molecule has 98 valence electrons. The highest BCUT2D eigenvalue weighted by atomic mass is 16.1. The van der Waals surface area contributed by atoms with Gasteiger partial charge in [-0.25, -0.2) is 0 Å². The Bertz CT molecular complexity index is 419. The molecule has 1 fully saturated rings. The Morgan fingerprint density at radius 2 is 1.89 bits per heavy atom. The van der Waals surface area contributed by atoms with Crippen molar-refractivity contribution in [1.29, 1.82) is 0 Å². The fraction of sp³-hybridized carbons (Fsp3) is 0.562. The van der Waals surface area contributed by atoms with Crippen LogP contribution in [0.5, 0.6) is 0 Å². The molecule has 1 aliphatic heterocycles. The number of carbonyl (C=O) groups is 1. The number of piperidine rings is 1. The average molecular weight is 245 g/mol. The van der Waals surface area contributed by atoms with E-state index in [1.54, 1.807) is 0 Å². The molecule has 18 heavy (non-hydrogen) atoms. The first-order chi connectivity index (χ1) is 8.66. The van der Waals surface area contributed by atoms with Crippen LogP contribution in [-0.2, 0) is 0 Å². The first-order valence-corrected chi connectivity index (χ1v) is 6.99. The number of hydrogen-bond acceptors (Lipinski definition) is 2. The fourth-order valence-corrected chi connectivity index (χ4v) is 2.70. The molecule has 1 aromatic rings. The van der Waals surface area contributed by atoms with Crippen LogP contribution in [0.25, 0.3) is 0 Å². The van der Waals surface area contributed by atoms with E-state index >= 15 is 0 Å². The molecule has 0 radical (unpaired) electrons. The second-order valence-corrected chi connectivity index (χ2v) is 5.39. The number of aryl methyl sites for hydroxylation is 2. The molecule has 0 aromatic heterocycles. The third kappa shape index (κ3) is 3.42. The zero-order valence-electron chi connectivity index (χ0n) is 11.5. The largest absolute Gasteiger partial charge is 0.303 e. The molecule has 2 heteroatoms. The summed E-state index contributed by atoms with van der Waals surface area (Å²) in [5.41, 5.74) is 3.23. The van der Waals surface area contributed by atoms with E-state index in [4.69, 9.17) is 0 Å². The van der Waals surface area contributed by atoms with E-state index in [0.29, 0.717) is 6.42 Å². The summed E-state index contributed by atoms with van der Waals surface area (Å²) < 4.78 is 0. The van der Waals surface area contributed by atoms with Crippen LogP contribution in [0, 0.1) is 13.8 Å². The Hall–Kier alpha value is -1.15. The fourth-order valence-electron chi connectivity index (χ4n) is 2.70. The number of nitrogens with zero attached hydrogens (tertiary/aromatic N) is 1. The minimum absolute atomic E-state index is 0.290. The molecular weight excluding hydrogens is 222 g/mol. The predicted octanol–water partition coefficient (Wildman–Crippen LogP) is 3.36. The standard InChI is InChI=1S/C16H23NO/c1-13-6-7-15(14(2)12-13)16(18)8-11-17-9-4-3-5-10-17/h6-7,12H,3-5,8-11H2,1-2H3. The second kappa shape index (κ2) is 6.14. The summed E-state index contributed by atoms with van der Waals surface area (Å²) in [6, 6.07) is 6.10. The van der Waals surface area contributed by atoms with Gasteiger partial charge in [-0.2, -0.15) is 0 Å². The van der Waals surface area contributed by atoms with Gasteiger partial charge in [0.25, 0.3) is 0 Å². The van der Waals surface area contributed by atoms with E-state index < -0.39 is 0 Å². The van der Waals surface area contributed by atoms with Gasteiger partial charge in [0, 0.05) is 18.5 Å². The molecule has 1 aromatic carbocycles. The maximum Gasteiger partial charge on any atom is 0.164 e. The van der Waals surface area contributed by atoms with Gasteiger partial charge in [0.05, 0.1) is 0 Å². The average Bonchev–Trinajstić information content (AvgIpc) is 2.37. The van der Waals surface area contributed by atoms with Crippen molar-refractivity contribution >= 4 is 5.78 Å². The molecule has 0 bridgehead atoms. The topological polar surface area (TPSA) is 20.3 Å². The minimum atomic E-state index is 0.290. The molecule has 0 amide bonds. The first kappa shape index (κ1) is 13.3. The van der Waals surface area contributed by atoms with Crippen LogP contribution >= 0.6 is 0 Å². The van der Waals surface area contributed by atoms with Crippen LogP contribution in [0.3, 0.4) is 0 Å². The first-order valence-electron chi connectivity index (χ1n) is 6.99. The molecule has 0 unspecified atom stereocenters. The molecule has 0 saturated carbocycles. The Balaban J connectivity index is 1.90. The molecule has 1 heterocycles. The van der Waals surface area contributed by atoms with Crippen molar-refractivity contribution in [2.45, 2.75) is 39.5 Å². The number of carbonyl (C=O) groups excluding carboxylic acids is 1. The summed E-state index contributed by atoms with van der Waals surface area (Å²) in [6.45, 7) is 7.35. The normalized spacial score (nSPS) is 16.8. The number of ketones is 1. The Morgan fingerprint density at radius 3 is 2.56 bits per heavy atom. The number of rotatable bonds is 4. The molecule has 2 nitrogen and oxygen atoms in total. The van der Waals surface area contributed by atoms with Crippen molar-refractivity contribution in [3.05, 3.63) is 34.9 Å². The van der Waals surface area contributed by atoms with Crippen molar-refractivity contribution in [3.63, 3.8) is 0 Å². The molecule has 0 spiro atoms. The van der Waals surface area contributed by atoms with Gasteiger partial charge in [-0.3, -0.25) is 4.79 Å². The van der Waals surface area contributed by atoms with Crippen LogP contribution in [0.4, 0.5) is 0 Å². The molecular formula is C16H23NO. The zero-order valence-corrected chi connectivity index (χ0v) is 11.5. The molecule has 0 aliphatic carbocycles. The van der Waals surface area contributed by atoms with E-state index in [2.05, 4.69) is 17.9 Å². The summed E-state index contributed by atoms with van der Waals surface area (Å²) in [6.07, 6.45) is 4.58. The summed E-state index contributed by atoms with van der Waals surface area (Å²) in [7, 11) is 0. The zero-order chi connectivity index (χ0) is 13.0. The van der Waals surface area contributed by atoms with E-state index in [1.165, 1.54) is 37.9 Å². The Morgan fingerprint density at radius 1 is 1.17 bits per heavy atom. The Kier molecular flexibility index (Phi) is 4.54. The van der Waals surface area contributed by atoms with Crippen LogP contribution in [0.15, 0.2) is 18.2 Å². The molecule has 0 N–H and O–H groups in total. The third-order valence-corrected chi connectivity index (χ3v) is 3.79. The highest BCUT2D eigenvalue weighted by Gasteiger charge is 2.13. The molecule has 1 saturated heterocycles. The number of benzene rings is 1. The van der Waals surface area contributed by atoms with Crippen molar-refractivity contribution in [1.82, 2.24) is 4.90 Å². The summed E-state index contributed by atoms with van der Waals surface area (Å²) in [4.78, 5) is 14.6. The maximum atomic E-state index is 12.2. The quantitative estimate of drug-likeness (QED) is 0.758. The van der Waals surface area contributed by atoms with Gasteiger partial charge in [-0.15, -0.1) is 0 Å². The lowest BCUT2D eigenvalue weighted by atomic mass is 10.00. The predicted molar refractivity (Wildman–Crippen MR) is 75.2 cm³/mol. The van der Waals surface area contributed by atoms with Crippen LogP contribution in [0.2, 0.25) is 0 Å². The van der Waals surface area contributed by atoms with E-state index in [1.807, 2.05) is 19.1 Å². The summed E-state index contributed by atoms with van der Waals surface area (Å²) in [5.74, 6) is 0.290. The molecule has 1 aliphatic rings. The van der Waals surface area contributed by atoms with Crippen molar-refractivity contribution in [2.24, 2.45) is 0 Å². The van der Waals surface area contributed by atoms with Crippen molar-refractivity contribution < 1.29 is 4.79 Å². The number of likely N-dealkylation sites (tertiary alicyclic amines) is 1. The third-order valence-electron chi connectivity index (χ3n) is 3.79.